The van der Waals surface area contributed by atoms with Crippen LogP contribution in [0.15, 0.2) is 29.4 Å². The molecule has 0 unspecified atom stereocenters. The lowest BCUT2D eigenvalue weighted by atomic mass is 10.3. The van der Waals surface area contributed by atoms with Crippen LogP contribution in [-0.2, 0) is 16.6 Å². The normalized spacial score (nSPS) is 11.6. The maximum atomic E-state index is 13.6. The number of benzene rings is 1. The molecule has 0 aliphatic heterocycles. The van der Waals surface area contributed by atoms with Crippen LogP contribution in [0.25, 0.3) is 0 Å². The van der Waals surface area contributed by atoms with Crippen molar-refractivity contribution in [2.24, 2.45) is 0 Å². The molecule has 1 aromatic heterocycles. The number of imidazole rings is 1. The van der Waals surface area contributed by atoms with Gasteiger partial charge in [-0.1, -0.05) is 0 Å². The highest BCUT2D eigenvalue weighted by Crippen LogP contribution is 2.21. The van der Waals surface area contributed by atoms with Crippen molar-refractivity contribution in [1.82, 2.24) is 9.55 Å². The summed E-state index contributed by atoms with van der Waals surface area (Å²) >= 11 is 0. The molecule has 0 amide bonds. The smallest absolute Gasteiger partial charge is 0.281 e. The highest BCUT2D eigenvalue weighted by Gasteiger charge is 2.20. The van der Waals surface area contributed by atoms with Crippen molar-refractivity contribution in [3.8, 4) is 0 Å². The molecule has 20 heavy (non-hydrogen) atoms. The number of anilines is 2. The Morgan fingerprint density at radius 3 is 2.75 bits per heavy atom. The second-order valence-corrected chi connectivity index (χ2v) is 5.89. The molecular formula is C12H15FN4O2S. The minimum Gasteiger partial charge on any atom is -0.399 e. The third kappa shape index (κ3) is 2.74. The Labute approximate surface area is 116 Å². The first-order chi connectivity index (χ1) is 9.33. The minimum absolute atomic E-state index is 0.154. The number of hydrogen-bond donors (Lipinski definition) is 2. The molecule has 0 bridgehead atoms. The van der Waals surface area contributed by atoms with Crippen molar-refractivity contribution >= 4 is 21.4 Å². The monoisotopic (exact) mass is 298 g/mol. The minimum atomic E-state index is -3.94. The van der Waals surface area contributed by atoms with E-state index in [4.69, 9.17) is 5.73 Å². The van der Waals surface area contributed by atoms with Gasteiger partial charge in [0.05, 0.1) is 5.69 Å². The third-order valence-electron chi connectivity index (χ3n) is 2.80. The molecule has 0 saturated heterocycles. The van der Waals surface area contributed by atoms with Crippen molar-refractivity contribution in [3.05, 3.63) is 36.0 Å². The molecule has 0 atom stereocenters. The molecule has 0 spiro atoms. The first-order valence-electron chi connectivity index (χ1n) is 5.95. The number of nitrogens with zero attached hydrogens (tertiary/aromatic N) is 2. The summed E-state index contributed by atoms with van der Waals surface area (Å²) in [4.78, 5) is 3.96. The van der Waals surface area contributed by atoms with Gasteiger partial charge in [0.2, 0.25) is 0 Å². The zero-order valence-corrected chi connectivity index (χ0v) is 11.9. The lowest BCUT2D eigenvalue weighted by Gasteiger charge is -2.07. The Morgan fingerprint density at radius 2 is 2.15 bits per heavy atom. The molecule has 6 nitrogen and oxygen atoms in total. The van der Waals surface area contributed by atoms with Gasteiger partial charge in [-0.15, -0.1) is 0 Å². The second-order valence-electron chi connectivity index (χ2n) is 4.26. The van der Waals surface area contributed by atoms with Crippen LogP contribution in [0, 0.1) is 12.7 Å². The van der Waals surface area contributed by atoms with Crippen molar-refractivity contribution < 1.29 is 12.8 Å². The highest BCUT2D eigenvalue weighted by molar-refractivity contribution is 7.92. The summed E-state index contributed by atoms with van der Waals surface area (Å²) in [5.74, 6) is -0.129. The van der Waals surface area contributed by atoms with E-state index in [0.29, 0.717) is 12.4 Å². The number of nitrogen functional groups attached to an aromatic ring is 1. The number of sulfonamides is 1. The molecule has 0 aliphatic rings. The lowest BCUT2D eigenvalue weighted by Crippen LogP contribution is -2.14. The van der Waals surface area contributed by atoms with E-state index in [0.717, 1.165) is 6.07 Å². The summed E-state index contributed by atoms with van der Waals surface area (Å²) in [5, 5.41) is -0.154. The lowest BCUT2D eigenvalue weighted by molar-refractivity contribution is 0.595. The van der Waals surface area contributed by atoms with Crippen molar-refractivity contribution in [2.75, 3.05) is 10.5 Å². The van der Waals surface area contributed by atoms with E-state index < -0.39 is 15.8 Å². The molecule has 0 fully saturated rings. The van der Waals surface area contributed by atoms with Gasteiger partial charge >= 0.3 is 0 Å². The summed E-state index contributed by atoms with van der Waals surface area (Å²) < 4.78 is 41.7. The number of hydrogen-bond acceptors (Lipinski definition) is 4. The Bertz CT molecular complexity index is 740. The standard InChI is InChI=1S/C12H15FN4O2S/c1-3-17-7-12(15-8(17)2)20(18,19)16-11-6-9(14)4-5-10(11)13/h4-7,16H,3,14H2,1-2H3. The first kappa shape index (κ1) is 14.3. The number of halogens is 1. The Hall–Kier alpha value is -2.09. The van der Waals surface area contributed by atoms with E-state index in [1.165, 1.54) is 18.3 Å². The fourth-order valence-corrected chi connectivity index (χ4v) is 2.82. The van der Waals surface area contributed by atoms with Gasteiger partial charge in [0, 0.05) is 18.4 Å². The summed E-state index contributed by atoms with van der Waals surface area (Å²) in [5.41, 5.74) is 5.58. The van der Waals surface area contributed by atoms with E-state index in [9.17, 15) is 12.8 Å². The number of nitrogens with one attached hydrogen (secondary N) is 1. The van der Waals surface area contributed by atoms with Gasteiger partial charge < -0.3 is 10.3 Å². The van der Waals surface area contributed by atoms with Gasteiger partial charge in [0.1, 0.15) is 11.6 Å². The molecule has 2 aromatic rings. The van der Waals surface area contributed by atoms with E-state index in [2.05, 4.69) is 9.71 Å². The molecule has 0 radical (unpaired) electrons. The van der Waals surface area contributed by atoms with E-state index >= 15 is 0 Å². The number of nitrogens with two attached hydrogens (primary N) is 1. The van der Waals surface area contributed by atoms with Crippen LogP contribution < -0.4 is 10.5 Å². The maximum Gasteiger partial charge on any atom is 0.281 e. The number of rotatable bonds is 4. The predicted molar refractivity (Wildman–Crippen MR) is 74.3 cm³/mol. The summed E-state index contributed by atoms with van der Waals surface area (Å²) in [6, 6.07) is 3.67. The Morgan fingerprint density at radius 1 is 1.45 bits per heavy atom. The van der Waals surface area contributed by atoms with Crippen LogP contribution in [0.2, 0.25) is 0 Å². The SMILES string of the molecule is CCn1cc(S(=O)(=O)Nc2cc(N)ccc2F)nc1C. The van der Waals surface area contributed by atoms with E-state index in [1.807, 2.05) is 6.92 Å². The zero-order chi connectivity index (χ0) is 14.9. The van der Waals surface area contributed by atoms with Gasteiger partial charge in [-0.05, 0) is 32.0 Å². The summed E-state index contributed by atoms with van der Waals surface area (Å²) in [7, 11) is -3.94. The average Bonchev–Trinajstić information content (AvgIpc) is 2.76. The average molecular weight is 298 g/mol. The Balaban J connectivity index is 2.37. The fraction of sp³-hybridized carbons (Fsp3) is 0.250. The largest absolute Gasteiger partial charge is 0.399 e. The van der Waals surface area contributed by atoms with Crippen LogP contribution in [0.3, 0.4) is 0 Å². The molecule has 3 N–H and O–H groups in total. The predicted octanol–water partition coefficient (Wildman–Crippen LogP) is 1.73. The van der Waals surface area contributed by atoms with Crippen LogP contribution in [0.4, 0.5) is 15.8 Å². The van der Waals surface area contributed by atoms with Crippen LogP contribution >= 0.6 is 0 Å². The van der Waals surface area contributed by atoms with Gasteiger partial charge in [-0.25, -0.2) is 9.37 Å². The summed E-state index contributed by atoms with van der Waals surface area (Å²) in [6.45, 7) is 4.17. The molecule has 108 valence electrons. The Kier molecular flexibility index (Phi) is 3.67. The van der Waals surface area contributed by atoms with E-state index in [-0.39, 0.29) is 16.4 Å². The topological polar surface area (TPSA) is 90.0 Å². The third-order valence-corrected chi connectivity index (χ3v) is 4.04. The molecule has 8 heteroatoms. The van der Waals surface area contributed by atoms with Crippen LogP contribution in [0.5, 0.6) is 0 Å². The van der Waals surface area contributed by atoms with Crippen LogP contribution in [0.1, 0.15) is 12.7 Å². The molecule has 0 saturated carbocycles. The highest BCUT2D eigenvalue weighted by atomic mass is 32.2. The zero-order valence-electron chi connectivity index (χ0n) is 11.1. The van der Waals surface area contributed by atoms with Crippen molar-refractivity contribution in [2.45, 2.75) is 25.4 Å². The van der Waals surface area contributed by atoms with Gasteiger partial charge in [-0.3, -0.25) is 4.72 Å². The summed E-state index contributed by atoms with van der Waals surface area (Å²) in [6.07, 6.45) is 1.40. The molecule has 0 aliphatic carbocycles. The fourth-order valence-electron chi connectivity index (χ4n) is 1.75. The molecule has 1 heterocycles. The van der Waals surface area contributed by atoms with E-state index in [1.54, 1.807) is 11.5 Å². The first-order valence-corrected chi connectivity index (χ1v) is 7.43. The number of aryl methyl sites for hydroxylation is 2. The van der Waals surface area contributed by atoms with Crippen LogP contribution in [-0.4, -0.2) is 18.0 Å². The quantitative estimate of drug-likeness (QED) is 0.841. The molecular weight excluding hydrogens is 283 g/mol. The number of aromatic nitrogens is 2. The molecule has 1 aromatic carbocycles. The van der Waals surface area contributed by atoms with Gasteiger partial charge in [0.25, 0.3) is 10.0 Å². The maximum absolute atomic E-state index is 13.6. The molecule has 2 rings (SSSR count). The van der Waals surface area contributed by atoms with Crippen molar-refractivity contribution in [3.63, 3.8) is 0 Å². The van der Waals surface area contributed by atoms with Gasteiger partial charge in [-0.2, -0.15) is 8.42 Å². The van der Waals surface area contributed by atoms with Crippen molar-refractivity contribution in [1.29, 1.82) is 0 Å². The second kappa shape index (κ2) is 5.12. The van der Waals surface area contributed by atoms with Gasteiger partial charge in [0.15, 0.2) is 5.03 Å².